The molecule has 27 heavy (non-hydrogen) atoms. The van der Waals surface area contributed by atoms with Gasteiger partial charge in [-0.25, -0.2) is 4.99 Å². The third kappa shape index (κ3) is 5.01. The van der Waals surface area contributed by atoms with Crippen LogP contribution in [-0.4, -0.2) is 16.3 Å². The van der Waals surface area contributed by atoms with Gasteiger partial charge in [0.1, 0.15) is 0 Å². The molecule has 0 fully saturated rings. The summed E-state index contributed by atoms with van der Waals surface area (Å²) in [6, 6.07) is 8.69. The lowest BCUT2D eigenvalue weighted by atomic mass is 10.2. The summed E-state index contributed by atoms with van der Waals surface area (Å²) in [5, 5.41) is 11.0. The summed E-state index contributed by atoms with van der Waals surface area (Å²) in [6.07, 6.45) is -3.04. The van der Waals surface area contributed by atoms with E-state index in [-0.39, 0.29) is 12.3 Å². The Labute approximate surface area is 167 Å². The van der Waals surface area contributed by atoms with Crippen molar-refractivity contribution in [2.45, 2.75) is 25.6 Å². The highest BCUT2D eigenvalue weighted by Crippen LogP contribution is 2.33. The number of unbranched alkanes of at least 4 members (excludes halogenated alkanes) is 1. The second-order valence-corrected chi connectivity index (χ2v) is 8.30. The number of aliphatic hydroxyl groups is 1. The van der Waals surface area contributed by atoms with E-state index in [2.05, 4.69) is 4.99 Å². The molecule has 0 radical (unpaired) electrons. The van der Waals surface area contributed by atoms with Crippen LogP contribution in [-0.2, 0) is 12.7 Å². The zero-order valence-corrected chi connectivity index (χ0v) is 16.4. The first kappa shape index (κ1) is 20.1. The molecule has 3 aromatic rings. The molecule has 3 rings (SSSR count). The van der Waals surface area contributed by atoms with Crippen LogP contribution in [0, 0.1) is 0 Å². The lowest BCUT2D eigenvalue weighted by Gasteiger charge is -2.08. The maximum absolute atomic E-state index is 12.9. The van der Waals surface area contributed by atoms with Crippen molar-refractivity contribution >= 4 is 40.0 Å². The molecular weight excluding hydrogens is 417 g/mol. The number of aromatic nitrogens is 1. The lowest BCUT2D eigenvalue weighted by Crippen LogP contribution is -2.16. The Hall–Kier alpha value is -1.61. The van der Waals surface area contributed by atoms with Crippen LogP contribution < -0.4 is 4.80 Å². The molecule has 0 atom stereocenters. The Morgan fingerprint density at radius 2 is 1.96 bits per heavy atom. The van der Waals surface area contributed by atoms with Crippen LogP contribution in [0.4, 0.5) is 18.9 Å². The molecule has 0 amide bonds. The highest BCUT2D eigenvalue weighted by atomic mass is 35.5. The first-order valence-electron chi connectivity index (χ1n) is 8.15. The van der Waals surface area contributed by atoms with Gasteiger partial charge in [0.15, 0.2) is 4.80 Å². The molecule has 0 bridgehead atoms. The highest BCUT2D eigenvalue weighted by molar-refractivity contribution is 7.19. The summed E-state index contributed by atoms with van der Waals surface area (Å²) in [6.45, 7) is 0.692. The summed E-state index contributed by atoms with van der Waals surface area (Å²) in [5.41, 5.74) is 0.441. The molecule has 1 aromatic carbocycles. The van der Waals surface area contributed by atoms with Gasteiger partial charge in [-0.2, -0.15) is 13.2 Å². The molecule has 0 saturated carbocycles. The maximum atomic E-state index is 12.9. The molecule has 9 heteroatoms. The van der Waals surface area contributed by atoms with E-state index in [0.717, 1.165) is 29.1 Å². The summed E-state index contributed by atoms with van der Waals surface area (Å²) < 4.78 is 41.4. The largest absolute Gasteiger partial charge is 0.416 e. The van der Waals surface area contributed by atoms with Crippen LogP contribution in [0.5, 0.6) is 0 Å². The lowest BCUT2D eigenvalue weighted by molar-refractivity contribution is -0.137. The third-order valence-electron chi connectivity index (χ3n) is 3.81. The number of benzene rings is 1. The number of thiophene rings is 1. The first-order valence-corrected chi connectivity index (χ1v) is 10.2. The maximum Gasteiger partial charge on any atom is 0.416 e. The minimum Gasteiger partial charge on any atom is -0.396 e. The van der Waals surface area contributed by atoms with Gasteiger partial charge in [-0.3, -0.25) is 0 Å². The zero-order chi connectivity index (χ0) is 19.4. The van der Waals surface area contributed by atoms with Crippen LogP contribution in [0.1, 0.15) is 18.4 Å². The van der Waals surface area contributed by atoms with Crippen molar-refractivity contribution < 1.29 is 18.3 Å². The fourth-order valence-electron chi connectivity index (χ4n) is 2.53. The third-order valence-corrected chi connectivity index (χ3v) is 5.93. The molecule has 3 nitrogen and oxygen atoms in total. The van der Waals surface area contributed by atoms with E-state index in [1.54, 1.807) is 12.1 Å². The van der Waals surface area contributed by atoms with E-state index in [1.807, 2.05) is 16.0 Å². The molecular formula is C18H16ClF3N2OS2. The Bertz CT molecular complexity index is 975. The summed E-state index contributed by atoms with van der Waals surface area (Å²) >= 11 is 8.83. The number of aliphatic hydroxyl groups excluding tert-OH is 1. The number of hydrogen-bond acceptors (Lipinski definition) is 4. The smallest absolute Gasteiger partial charge is 0.396 e. The molecule has 0 saturated heterocycles. The second kappa shape index (κ2) is 8.60. The minimum absolute atomic E-state index is 0.0883. The van der Waals surface area contributed by atoms with Crippen LogP contribution in [0.3, 0.4) is 0 Å². The van der Waals surface area contributed by atoms with Crippen molar-refractivity contribution in [1.29, 1.82) is 0 Å². The summed E-state index contributed by atoms with van der Waals surface area (Å²) in [5.74, 6) is 0. The van der Waals surface area contributed by atoms with Gasteiger partial charge in [-0.1, -0.05) is 17.7 Å². The van der Waals surface area contributed by atoms with Gasteiger partial charge < -0.3 is 9.67 Å². The van der Waals surface area contributed by atoms with E-state index < -0.39 is 11.7 Å². The number of rotatable bonds is 6. The van der Waals surface area contributed by atoms with Crippen molar-refractivity contribution in [2.24, 2.45) is 4.99 Å². The van der Waals surface area contributed by atoms with Gasteiger partial charge in [0.05, 0.1) is 26.2 Å². The Morgan fingerprint density at radius 3 is 2.63 bits per heavy atom. The molecule has 144 valence electrons. The molecule has 2 aromatic heterocycles. The van der Waals surface area contributed by atoms with E-state index in [0.29, 0.717) is 22.1 Å². The number of alkyl halides is 3. The highest BCUT2D eigenvalue weighted by Gasteiger charge is 2.30. The summed E-state index contributed by atoms with van der Waals surface area (Å²) in [4.78, 5) is 6.00. The average molecular weight is 433 g/mol. The summed E-state index contributed by atoms with van der Waals surface area (Å²) in [7, 11) is 0. The Morgan fingerprint density at radius 1 is 1.15 bits per heavy atom. The van der Waals surface area contributed by atoms with Crippen LogP contribution in [0.15, 0.2) is 46.8 Å². The monoisotopic (exact) mass is 432 g/mol. The van der Waals surface area contributed by atoms with Gasteiger partial charge in [-0.15, -0.1) is 22.7 Å². The van der Waals surface area contributed by atoms with Gasteiger partial charge in [0, 0.05) is 18.5 Å². The van der Waals surface area contributed by atoms with Crippen molar-refractivity contribution in [3.8, 4) is 10.6 Å². The van der Waals surface area contributed by atoms with E-state index >= 15 is 0 Å². The SMILES string of the molecule is OCCCCn1c(-c2ccc(Cl)s2)csc1=Nc1cccc(C(F)(F)F)c1. The van der Waals surface area contributed by atoms with Crippen molar-refractivity contribution in [3.05, 3.63) is 56.5 Å². The Balaban J connectivity index is 2.04. The molecule has 0 aliphatic rings. The fourth-order valence-corrected chi connectivity index (χ4v) is 4.62. The van der Waals surface area contributed by atoms with Crippen molar-refractivity contribution in [3.63, 3.8) is 0 Å². The molecule has 0 unspecified atom stereocenters. The number of thiazole rings is 1. The van der Waals surface area contributed by atoms with Crippen molar-refractivity contribution in [2.75, 3.05) is 6.61 Å². The minimum atomic E-state index is -4.41. The van der Waals surface area contributed by atoms with Gasteiger partial charge in [0.25, 0.3) is 0 Å². The van der Waals surface area contributed by atoms with Crippen LogP contribution in [0.2, 0.25) is 4.34 Å². The number of hydrogen-bond donors (Lipinski definition) is 1. The van der Waals surface area contributed by atoms with E-state index in [4.69, 9.17) is 16.7 Å². The number of nitrogens with zero attached hydrogens (tertiary/aromatic N) is 2. The molecule has 2 heterocycles. The first-order chi connectivity index (χ1) is 12.9. The van der Waals surface area contributed by atoms with Crippen LogP contribution >= 0.6 is 34.3 Å². The molecule has 0 spiro atoms. The van der Waals surface area contributed by atoms with Gasteiger partial charge >= 0.3 is 6.18 Å². The van der Waals surface area contributed by atoms with Crippen LogP contribution in [0.25, 0.3) is 10.6 Å². The van der Waals surface area contributed by atoms with Gasteiger partial charge in [-0.05, 0) is 43.2 Å². The Kier molecular flexibility index (Phi) is 6.41. The average Bonchev–Trinajstić information content (AvgIpc) is 3.21. The van der Waals surface area contributed by atoms with Gasteiger partial charge in [0.2, 0.25) is 0 Å². The molecule has 0 aliphatic carbocycles. The topological polar surface area (TPSA) is 37.5 Å². The predicted octanol–water partition coefficient (Wildman–Crippen LogP) is 5.96. The van der Waals surface area contributed by atoms with E-state index in [1.165, 1.54) is 28.7 Å². The molecule has 0 aliphatic heterocycles. The normalized spacial score (nSPS) is 12.7. The second-order valence-electron chi connectivity index (χ2n) is 5.75. The quantitative estimate of drug-likeness (QED) is 0.480. The standard InChI is InChI=1S/C18H16ClF3N2OS2/c19-16-7-6-15(27-16)14-11-26-17(24(14)8-1-2-9-25)23-13-5-3-4-12(10-13)18(20,21)22/h3-7,10-11,25H,1-2,8-9H2. The van der Waals surface area contributed by atoms with E-state index in [9.17, 15) is 13.2 Å². The zero-order valence-electron chi connectivity index (χ0n) is 14.0. The molecule has 1 N–H and O–H groups in total. The predicted molar refractivity (Wildman–Crippen MR) is 104 cm³/mol. The fraction of sp³-hybridized carbons (Fsp3) is 0.278. The number of halogens is 4. The van der Waals surface area contributed by atoms with Crippen molar-refractivity contribution in [1.82, 2.24) is 4.57 Å².